The number of nitrogens with one attached hydrogen (secondary N) is 1. The fraction of sp³-hybridized carbons (Fsp3) is 0.900. The van der Waals surface area contributed by atoms with E-state index in [0.717, 1.165) is 45.3 Å². The number of likely N-dealkylation sites (tertiary alicyclic amines) is 1. The normalized spacial score (nSPS) is 22.0. The van der Waals surface area contributed by atoms with Gasteiger partial charge in [-0.15, -0.1) is 0 Å². The highest BCUT2D eigenvalue weighted by molar-refractivity contribution is 5.80. The van der Waals surface area contributed by atoms with Gasteiger partial charge in [-0.05, 0) is 51.6 Å². The number of carbonyl (C=O) groups excluding carboxylic acids is 2. The molecule has 0 aromatic heterocycles. The molecule has 2 saturated heterocycles. The van der Waals surface area contributed by atoms with E-state index in [4.69, 9.17) is 4.74 Å². The van der Waals surface area contributed by atoms with Crippen LogP contribution in [0.25, 0.3) is 0 Å². The van der Waals surface area contributed by atoms with Gasteiger partial charge in [-0.2, -0.15) is 0 Å². The first kappa shape index (κ1) is 21.2. The van der Waals surface area contributed by atoms with Crippen molar-refractivity contribution >= 4 is 11.8 Å². The molecule has 1 unspecified atom stereocenters. The highest BCUT2D eigenvalue weighted by Crippen LogP contribution is 2.21. The van der Waals surface area contributed by atoms with Gasteiger partial charge in [0.2, 0.25) is 11.8 Å². The molecule has 0 aliphatic carbocycles. The third-order valence-corrected chi connectivity index (χ3v) is 5.41. The first-order valence-electron chi connectivity index (χ1n) is 10.1. The summed E-state index contributed by atoms with van der Waals surface area (Å²) in [4.78, 5) is 28.9. The zero-order valence-electron chi connectivity index (χ0n) is 17.1. The van der Waals surface area contributed by atoms with Gasteiger partial charge in [-0.1, -0.05) is 13.8 Å². The molecule has 2 rings (SSSR count). The molecular formula is C20H37N3O3. The fourth-order valence-electron chi connectivity index (χ4n) is 4.09. The molecule has 0 bridgehead atoms. The summed E-state index contributed by atoms with van der Waals surface area (Å²) < 4.78 is 5.59. The molecule has 2 fully saturated rings. The van der Waals surface area contributed by atoms with Gasteiger partial charge in [0.15, 0.2) is 0 Å². The van der Waals surface area contributed by atoms with E-state index in [1.807, 2.05) is 4.90 Å². The van der Waals surface area contributed by atoms with Gasteiger partial charge in [0.05, 0.1) is 6.10 Å². The lowest BCUT2D eigenvalue weighted by Crippen LogP contribution is -2.46. The standard InChI is InChI=1S/C20H37N3O3/c1-20(2,15-22(3)4)14-21-19(25)16-9-11-23(12-10-16)18(24)8-7-17-6-5-13-26-17/h16-17H,5-15H2,1-4H3,(H,21,25). The molecule has 6 heteroatoms. The smallest absolute Gasteiger partial charge is 0.223 e. The molecule has 1 atom stereocenters. The van der Waals surface area contributed by atoms with Crippen molar-refractivity contribution in [1.29, 1.82) is 0 Å². The van der Waals surface area contributed by atoms with Gasteiger partial charge in [-0.25, -0.2) is 0 Å². The van der Waals surface area contributed by atoms with Gasteiger partial charge < -0.3 is 19.9 Å². The Hall–Kier alpha value is -1.14. The Morgan fingerprint density at radius 2 is 1.88 bits per heavy atom. The van der Waals surface area contributed by atoms with Crippen LogP contribution in [0.3, 0.4) is 0 Å². The largest absolute Gasteiger partial charge is 0.378 e. The zero-order valence-corrected chi connectivity index (χ0v) is 17.1. The van der Waals surface area contributed by atoms with Crippen molar-refractivity contribution in [3.63, 3.8) is 0 Å². The summed E-state index contributed by atoms with van der Waals surface area (Å²) in [5.41, 5.74) is 0.0537. The first-order chi connectivity index (χ1) is 12.3. The number of amides is 2. The first-order valence-corrected chi connectivity index (χ1v) is 10.1. The van der Waals surface area contributed by atoms with Crippen LogP contribution < -0.4 is 5.32 Å². The Labute approximate surface area is 158 Å². The predicted octanol–water partition coefficient (Wildman–Crippen LogP) is 1.89. The molecule has 0 radical (unpaired) electrons. The van der Waals surface area contributed by atoms with Crippen LogP contribution in [0, 0.1) is 11.3 Å². The number of carbonyl (C=O) groups is 2. The maximum Gasteiger partial charge on any atom is 0.223 e. The molecule has 0 saturated carbocycles. The van der Waals surface area contributed by atoms with Crippen LogP contribution in [0.1, 0.15) is 52.4 Å². The van der Waals surface area contributed by atoms with Crippen LogP contribution >= 0.6 is 0 Å². The Kier molecular flexibility index (Phi) is 7.89. The van der Waals surface area contributed by atoms with Gasteiger partial charge in [0.1, 0.15) is 0 Å². The SMILES string of the molecule is CN(C)CC(C)(C)CNC(=O)C1CCN(C(=O)CCC2CCCO2)CC1. The third-order valence-electron chi connectivity index (χ3n) is 5.41. The zero-order chi connectivity index (χ0) is 19.2. The highest BCUT2D eigenvalue weighted by atomic mass is 16.5. The second-order valence-electron chi connectivity index (χ2n) is 8.95. The topological polar surface area (TPSA) is 61.9 Å². The van der Waals surface area contributed by atoms with Gasteiger partial charge >= 0.3 is 0 Å². The molecule has 2 aliphatic heterocycles. The van der Waals surface area contributed by atoms with Crippen molar-refractivity contribution < 1.29 is 14.3 Å². The lowest BCUT2D eigenvalue weighted by atomic mass is 9.91. The molecule has 26 heavy (non-hydrogen) atoms. The minimum absolute atomic E-state index is 0.0346. The average molecular weight is 368 g/mol. The summed E-state index contributed by atoms with van der Waals surface area (Å²) in [6.45, 7) is 8.19. The fourth-order valence-corrected chi connectivity index (χ4v) is 4.09. The highest BCUT2D eigenvalue weighted by Gasteiger charge is 2.29. The van der Waals surface area contributed by atoms with Crippen molar-refractivity contribution in [3.05, 3.63) is 0 Å². The van der Waals surface area contributed by atoms with Crippen molar-refractivity contribution in [2.24, 2.45) is 11.3 Å². The minimum Gasteiger partial charge on any atom is -0.378 e. The summed E-state index contributed by atoms with van der Waals surface area (Å²) >= 11 is 0. The summed E-state index contributed by atoms with van der Waals surface area (Å²) in [6.07, 6.45) is 5.41. The van der Waals surface area contributed by atoms with E-state index in [0.29, 0.717) is 26.1 Å². The minimum atomic E-state index is 0.0346. The van der Waals surface area contributed by atoms with Crippen molar-refractivity contribution in [3.8, 4) is 0 Å². The van der Waals surface area contributed by atoms with Crippen molar-refractivity contribution in [2.75, 3.05) is 46.9 Å². The maximum absolute atomic E-state index is 12.5. The number of rotatable bonds is 8. The predicted molar refractivity (Wildman–Crippen MR) is 103 cm³/mol. The van der Waals surface area contributed by atoms with E-state index in [1.165, 1.54) is 0 Å². The van der Waals surface area contributed by atoms with Crippen molar-refractivity contribution in [2.45, 2.75) is 58.5 Å². The average Bonchev–Trinajstić information content (AvgIpc) is 3.10. The Morgan fingerprint density at radius 3 is 2.46 bits per heavy atom. The molecule has 2 heterocycles. The number of hydrogen-bond acceptors (Lipinski definition) is 4. The van der Waals surface area contributed by atoms with Crippen LogP contribution in [-0.2, 0) is 14.3 Å². The van der Waals surface area contributed by atoms with Crippen LogP contribution in [0.15, 0.2) is 0 Å². The summed E-state index contributed by atoms with van der Waals surface area (Å²) in [5.74, 6) is 0.391. The van der Waals surface area contributed by atoms with E-state index in [2.05, 4.69) is 38.2 Å². The second-order valence-corrected chi connectivity index (χ2v) is 8.95. The molecule has 2 amide bonds. The Morgan fingerprint density at radius 1 is 1.19 bits per heavy atom. The van der Waals surface area contributed by atoms with E-state index >= 15 is 0 Å². The van der Waals surface area contributed by atoms with Gasteiger partial charge in [-0.3, -0.25) is 9.59 Å². The molecule has 0 aromatic carbocycles. The number of nitrogens with zero attached hydrogens (tertiary/aromatic N) is 2. The molecule has 150 valence electrons. The van der Waals surface area contributed by atoms with Crippen LogP contribution in [-0.4, -0.2) is 74.6 Å². The molecule has 0 spiro atoms. The van der Waals surface area contributed by atoms with E-state index in [-0.39, 0.29) is 29.3 Å². The van der Waals surface area contributed by atoms with Crippen LogP contribution in [0.5, 0.6) is 0 Å². The Bertz CT molecular complexity index is 465. The van der Waals surface area contributed by atoms with Gasteiger partial charge in [0, 0.05) is 45.1 Å². The van der Waals surface area contributed by atoms with E-state index in [9.17, 15) is 9.59 Å². The van der Waals surface area contributed by atoms with E-state index in [1.54, 1.807) is 0 Å². The van der Waals surface area contributed by atoms with Crippen LogP contribution in [0.4, 0.5) is 0 Å². The Balaban J connectivity index is 1.66. The summed E-state index contributed by atoms with van der Waals surface area (Å²) in [5, 5.41) is 3.12. The number of ether oxygens (including phenoxy) is 1. The molecule has 6 nitrogen and oxygen atoms in total. The lowest BCUT2D eigenvalue weighted by molar-refractivity contribution is -0.136. The van der Waals surface area contributed by atoms with Crippen LogP contribution in [0.2, 0.25) is 0 Å². The second kappa shape index (κ2) is 9.70. The number of piperidine rings is 1. The maximum atomic E-state index is 12.5. The molecule has 2 aliphatic rings. The monoisotopic (exact) mass is 367 g/mol. The molecule has 0 aromatic rings. The van der Waals surface area contributed by atoms with Gasteiger partial charge in [0.25, 0.3) is 0 Å². The number of hydrogen-bond donors (Lipinski definition) is 1. The molecular weight excluding hydrogens is 330 g/mol. The lowest BCUT2D eigenvalue weighted by Gasteiger charge is -2.33. The van der Waals surface area contributed by atoms with E-state index < -0.39 is 0 Å². The summed E-state index contributed by atoms with van der Waals surface area (Å²) in [6, 6.07) is 0. The van der Waals surface area contributed by atoms with Crippen molar-refractivity contribution in [1.82, 2.24) is 15.1 Å². The summed E-state index contributed by atoms with van der Waals surface area (Å²) in [7, 11) is 4.10. The third kappa shape index (κ3) is 6.88. The quantitative estimate of drug-likeness (QED) is 0.712. The molecule has 1 N–H and O–H groups in total.